The van der Waals surface area contributed by atoms with Gasteiger partial charge in [-0.25, -0.2) is 0 Å². The largest absolute Gasteiger partial charge is 0.497 e. The monoisotopic (exact) mass is 406 g/mol. The topological polar surface area (TPSA) is 58.9 Å². The van der Waals surface area contributed by atoms with Crippen LogP contribution in [0.2, 0.25) is 5.02 Å². The Morgan fingerprint density at radius 3 is 2.75 bits per heavy atom. The summed E-state index contributed by atoms with van der Waals surface area (Å²) < 4.78 is 11.3. The number of aliphatic hydroxyl groups is 2. The highest BCUT2D eigenvalue weighted by Crippen LogP contribution is 2.35. The zero-order valence-electron chi connectivity index (χ0n) is 16.9. The molecule has 1 aromatic carbocycles. The summed E-state index contributed by atoms with van der Waals surface area (Å²) in [6.07, 6.45) is 6.09. The van der Waals surface area contributed by atoms with Gasteiger partial charge in [0.05, 0.1) is 19.3 Å². The highest BCUT2D eigenvalue weighted by molar-refractivity contribution is 6.31. The summed E-state index contributed by atoms with van der Waals surface area (Å²) in [6.45, 7) is 7.80. The predicted octanol–water partition coefficient (Wildman–Crippen LogP) is 4.90. The van der Waals surface area contributed by atoms with E-state index in [2.05, 4.69) is 13.5 Å². The number of benzene rings is 1. The molecule has 3 unspecified atom stereocenters. The van der Waals surface area contributed by atoms with Crippen molar-refractivity contribution < 1.29 is 19.7 Å². The molecule has 0 aliphatic carbocycles. The number of allylic oxidation sites excluding steroid dienone is 4. The van der Waals surface area contributed by atoms with Gasteiger partial charge in [-0.3, -0.25) is 0 Å². The van der Waals surface area contributed by atoms with E-state index in [9.17, 15) is 10.2 Å². The molecular weight excluding hydrogens is 376 g/mol. The molecule has 4 nitrogen and oxygen atoms in total. The van der Waals surface area contributed by atoms with E-state index in [-0.39, 0.29) is 6.10 Å². The standard InChI is InChI=1S/C23H31ClO4/c1-5-7-19-14-21(25)22(26)23(28-19)16-9-11-20(24)17(13-16)12-15(3)8-10-18(6-2)27-4/h6,8-11,13,19,21-23,25-26H,2,5,7,12,14H2,1,3-4H3/b15-8+,18-10+/t19?,21?,22-,23?/m1/s1. The molecule has 0 saturated carbocycles. The lowest BCUT2D eigenvalue weighted by Crippen LogP contribution is -2.43. The van der Waals surface area contributed by atoms with Crippen molar-refractivity contribution in [3.05, 3.63) is 70.5 Å². The van der Waals surface area contributed by atoms with Gasteiger partial charge in [-0.1, -0.05) is 55.3 Å². The van der Waals surface area contributed by atoms with Crippen molar-refractivity contribution >= 4 is 11.6 Å². The molecular formula is C23H31ClO4. The number of methoxy groups -OCH3 is 1. The molecule has 1 fully saturated rings. The Kier molecular flexibility index (Phi) is 8.77. The zero-order chi connectivity index (χ0) is 20.7. The van der Waals surface area contributed by atoms with E-state index in [1.165, 1.54) is 0 Å². The molecule has 28 heavy (non-hydrogen) atoms. The molecule has 1 aliphatic heterocycles. The summed E-state index contributed by atoms with van der Waals surface area (Å²) in [7, 11) is 1.60. The molecule has 0 radical (unpaired) electrons. The minimum absolute atomic E-state index is 0.0503. The van der Waals surface area contributed by atoms with Crippen molar-refractivity contribution in [3.63, 3.8) is 0 Å². The van der Waals surface area contributed by atoms with Crippen molar-refractivity contribution in [1.82, 2.24) is 0 Å². The van der Waals surface area contributed by atoms with Crippen LogP contribution in [-0.2, 0) is 15.9 Å². The van der Waals surface area contributed by atoms with Crippen molar-refractivity contribution in [2.24, 2.45) is 0 Å². The van der Waals surface area contributed by atoms with Crippen LogP contribution in [0.3, 0.4) is 0 Å². The van der Waals surface area contributed by atoms with Crippen molar-refractivity contribution in [2.45, 2.75) is 63.9 Å². The molecule has 5 heteroatoms. The smallest absolute Gasteiger partial charge is 0.118 e. The average Bonchev–Trinajstić information content (AvgIpc) is 2.67. The Morgan fingerprint density at radius 2 is 2.11 bits per heavy atom. The fourth-order valence-corrected chi connectivity index (χ4v) is 3.63. The van der Waals surface area contributed by atoms with E-state index in [0.29, 0.717) is 23.6 Å². The fraction of sp³-hybridized carbons (Fsp3) is 0.478. The third-order valence-corrected chi connectivity index (χ3v) is 5.36. The maximum atomic E-state index is 10.5. The lowest BCUT2D eigenvalue weighted by atomic mass is 9.90. The first-order valence-electron chi connectivity index (χ1n) is 9.73. The first kappa shape index (κ1) is 22.7. The summed E-state index contributed by atoms with van der Waals surface area (Å²) in [4.78, 5) is 0. The van der Waals surface area contributed by atoms with Gasteiger partial charge in [-0.05, 0) is 49.1 Å². The van der Waals surface area contributed by atoms with E-state index in [1.54, 1.807) is 13.2 Å². The maximum absolute atomic E-state index is 10.5. The van der Waals surface area contributed by atoms with Crippen LogP contribution in [-0.4, -0.2) is 35.6 Å². The summed E-state index contributed by atoms with van der Waals surface area (Å²) >= 11 is 6.40. The van der Waals surface area contributed by atoms with E-state index < -0.39 is 18.3 Å². The Labute approximate surface area is 173 Å². The predicted molar refractivity (Wildman–Crippen MR) is 113 cm³/mol. The molecule has 4 atom stereocenters. The van der Waals surface area contributed by atoms with Crippen LogP contribution in [0.1, 0.15) is 50.3 Å². The summed E-state index contributed by atoms with van der Waals surface area (Å²) in [5.74, 6) is 0.689. The number of ether oxygens (including phenoxy) is 2. The van der Waals surface area contributed by atoms with Crippen LogP contribution in [0.25, 0.3) is 0 Å². The molecule has 0 bridgehead atoms. The molecule has 1 aromatic rings. The van der Waals surface area contributed by atoms with Gasteiger partial charge < -0.3 is 19.7 Å². The van der Waals surface area contributed by atoms with Gasteiger partial charge in [0, 0.05) is 11.4 Å². The van der Waals surface area contributed by atoms with Gasteiger partial charge in [0.25, 0.3) is 0 Å². The number of halogens is 1. The summed E-state index contributed by atoms with van der Waals surface area (Å²) in [5, 5.41) is 21.4. The average molecular weight is 407 g/mol. The van der Waals surface area contributed by atoms with E-state index >= 15 is 0 Å². The van der Waals surface area contributed by atoms with Crippen LogP contribution in [0.4, 0.5) is 0 Å². The van der Waals surface area contributed by atoms with Crippen LogP contribution in [0.5, 0.6) is 0 Å². The normalized spacial score (nSPS) is 26.2. The number of hydrogen-bond donors (Lipinski definition) is 2. The van der Waals surface area contributed by atoms with Crippen molar-refractivity contribution in [1.29, 1.82) is 0 Å². The first-order valence-corrected chi connectivity index (χ1v) is 10.1. The van der Waals surface area contributed by atoms with Crippen molar-refractivity contribution in [3.8, 4) is 0 Å². The minimum atomic E-state index is -0.946. The molecule has 0 spiro atoms. The molecule has 0 aromatic heterocycles. The Morgan fingerprint density at radius 1 is 1.36 bits per heavy atom. The van der Waals surface area contributed by atoms with Gasteiger partial charge in [0.2, 0.25) is 0 Å². The quantitative estimate of drug-likeness (QED) is 0.476. The second kappa shape index (κ2) is 10.8. The maximum Gasteiger partial charge on any atom is 0.118 e. The van der Waals surface area contributed by atoms with Gasteiger partial charge in [0.15, 0.2) is 0 Å². The van der Waals surface area contributed by atoms with Gasteiger partial charge >= 0.3 is 0 Å². The van der Waals surface area contributed by atoms with Crippen LogP contribution in [0, 0.1) is 0 Å². The molecule has 1 saturated heterocycles. The Hall–Kier alpha value is -1.59. The van der Waals surface area contributed by atoms with E-state index in [0.717, 1.165) is 29.5 Å². The van der Waals surface area contributed by atoms with Gasteiger partial charge in [0.1, 0.15) is 18.0 Å². The molecule has 2 rings (SSSR count). The highest BCUT2D eigenvalue weighted by Gasteiger charge is 2.37. The van der Waals surface area contributed by atoms with Gasteiger partial charge in [-0.15, -0.1) is 0 Å². The van der Waals surface area contributed by atoms with Gasteiger partial charge in [-0.2, -0.15) is 0 Å². The number of aliphatic hydroxyl groups excluding tert-OH is 2. The second-order valence-electron chi connectivity index (χ2n) is 7.28. The Balaban J connectivity index is 2.23. The SMILES string of the molecule is C=C/C(=C\C=C(/C)Cc1cc(C2OC(CCC)CC(O)[C@H]2O)ccc1Cl)OC. The van der Waals surface area contributed by atoms with Crippen LogP contribution < -0.4 is 0 Å². The van der Waals surface area contributed by atoms with E-state index in [4.69, 9.17) is 21.1 Å². The number of rotatable bonds is 8. The minimum Gasteiger partial charge on any atom is -0.497 e. The Bertz CT molecular complexity index is 725. The summed E-state index contributed by atoms with van der Waals surface area (Å²) in [5.41, 5.74) is 2.88. The lowest BCUT2D eigenvalue weighted by Gasteiger charge is -2.37. The van der Waals surface area contributed by atoms with Crippen LogP contribution in [0.15, 0.2) is 54.3 Å². The highest BCUT2D eigenvalue weighted by atomic mass is 35.5. The van der Waals surface area contributed by atoms with Crippen molar-refractivity contribution in [2.75, 3.05) is 7.11 Å². The lowest BCUT2D eigenvalue weighted by molar-refractivity contribution is -0.172. The zero-order valence-corrected chi connectivity index (χ0v) is 17.7. The molecule has 2 N–H and O–H groups in total. The second-order valence-corrected chi connectivity index (χ2v) is 7.69. The molecule has 0 amide bonds. The number of hydrogen-bond acceptors (Lipinski definition) is 4. The third kappa shape index (κ3) is 5.95. The summed E-state index contributed by atoms with van der Waals surface area (Å²) in [6, 6.07) is 5.65. The molecule has 154 valence electrons. The molecule has 1 heterocycles. The van der Waals surface area contributed by atoms with E-state index in [1.807, 2.05) is 37.3 Å². The third-order valence-electron chi connectivity index (χ3n) is 5.00. The first-order chi connectivity index (χ1) is 13.4. The fourth-order valence-electron chi connectivity index (χ4n) is 3.45. The molecule has 1 aliphatic rings. The van der Waals surface area contributed by atoms with Crippen LogP contribution >= 0.6 is 11.6 Å².